The molecule has 0 amide bonds. The van der Waals surface area contributed by atoms with Crippen molar-refractivity contribution in [1.29, 1.82) is 0 Å². The van der Waals surface area contributed by atoms with Gasteiger partial charge in [-0.2, -0.15) is 0 Å². The van der Waals surface area contributed by atoms with Crippen LogP contribution >= 0.6 is 11.8 Å². The van der Waals surface area contributed by atoms with Crippen LogP contribution in [-0.4, -0.2) is 20.0 Å². The van der Waals surface area contributed by atoms with Crippen molar-refractivity contribution >= 4 is 22.5 Å². The van der Waals surface area contributed by atoms with E-state index < -0.39 is 0 Å². The normalized spacial score (nSPS) is 18.5. The van der Waals surface area contributed by atoms with Crippen LogP contribution in [0.4, 0.5) is 0 Å². The Bertz CT molecular complexity index is 875. The molecule has 24 heavy (non-hydrogen) atoms. The van der Waals surface area contributed by atoms with E-state index in [1.54, 1.807) is 0 Å². The SMILES string of the molecule is c1ccc2c(-n3cnnc3SC3CCCC3)ccc(C3CC3)c2c1. The van der Waals surface area contributed by atoms with Gasteiger partial charge in [0.1, 0.15) is 6.33 Å². The molecule has 2 saturated carbocycles. The zero-order valence-corrected chi connectivity index (χ0v) is 14.5. The van der Waals surface area contributed by atoms with Crippen molar-refractivity contribution in [1.82, 2.24) is 14.8 Å². The molecule has 2 fully saturated rings. The topological polar surface area (TPSA) is 30.7 Å². The summed E-state index contributed by atoms with van der Waals surface area (Å²) in [5, 5.41) is 13.1. The smallest absolute Gasteiger partial charge is 0.195 e. The molecule has 0 spiro atoms. The lowest BCUT2D eigenvalue weighted by Crippen LogP contribution is -2.01. The van der Waals surface area contributed by atoms with Gasteiger partial charge in [-0.05, 0) is 48.6 Å². The number of thioether (sulfide) groups is 1. The largest absolute Gasteiger partial charge is 0.276 e. The molecule has 3 aromatic rings. The lowest BCUT2D eigenvalue weighted by Gasteiger charge is -2.14. The Kier molecular flexibility index (Phi) is 3.58. The third-order valence-corrected chi connectivity index (χ3v) is 6.60. The van der Waals surface area contributed by atoms with E-state index in [0.717, 1.165) is 11.1 Å². The third kappa shape index (κ3) is 2.53. The van der Waals surface area contributed by atoms with Gasteiger partial charge < -0.3 is 0 Å². The summed E-state index contributed by atoms with van der Waals surface area (Å²) >= 11 is 1.90. The molecule has 0 unspecified atom stereocenters. The molecule has 122 valence electrons. The van der Waals surface area contributed by atoms with Gasteiger partial charge in [0.25, 0.3) is 0 Å². The maximum atomic E-state index is 4.41. The zero-order valence-electron chi connectivity index (χ0n) is 13.7. The van der Waals surface area contributed by atoms with Crippen LogP contribution < -0.4 is 0 Å². The quantitative estimate of drug-likeness (QED) is 0.645. The maximum Gasteiger partial charge on any atom is 0.195 e. The number of nitrogens with zero attached hydrogens (tertiary/aromatic N) is 3. The van der Waals surface area contributed by atoms with Crippen LogP contribution in [0.15, 0.2) is 47.9 Å². The summed E-state index contributed by atoms with van der Waals surface area (Å²) in [7, 11) is 0. The van der Waals surface area contributed by atoms with Crippen LogP contribution in [0.2, 0.25) is 0 Å². The van der Waals surface area contributed by atoms with Gasteiger partial charge >= 0.3 is 0 Å². The molecule has 0 bridgehead atoms. The highest BCUT2D eigenvalue weighted by Gasteiger charge is 2.26. The maximum absolute atomic E-state index is 4.41. The number of aromatic nitrogens is 3. The molecule has 0 saturated heterocycles. The summed E-state index contributed by atoms with van der Waals surface area (Å²) in [4.78, 5) is 0. The van der Waals surface area contributed by atoms with Crippen molar-refractivity contribution in [3.63, 3.8) is 0 Å². The summed E-state index contributed by atoms with van der Waals surface area (Å²) < 4.78 is 2.18. The molecule has 0 atom stereocenters. The fourth-order valence-corrected chi connectivity index (χ4v) is 5.11. The van der Waals surface area contributed by atoms with Crippen LogP contribution in [0.5, 0.6) is 0 Å². The van der Waals surface area contributed by atoms with Crippen LogP contribution in [0.1, 0.15) is 50.0 Å². The fraction of sp³-hybridized carbons (Fsp3) is 0.400. The first kappa shape index (κ1) is 14.5. The van der Waals surface area contributed by atoms with Gasteiger partial charge in [-0.3, -0.25) is 4.57 Å². The first-order chi connectivity index (χ1) is 11.9. The lowest BCUT2D eigenvalue weighted by atomic mass is 9.99. The number of hydrogen-bond donors (Lipinski definition) is 0. The molecule has 2 aliphatic rings. The van der Waals surface area contributed by atoms with E-state index in [1.165, 1.54) is 60.5 Å². The van der Waals surface area contributed by atoms with Crippen molar-refractivity contribution in [3.8, 4) is 5.69 Å². The number of rotatable bonds is 4. The molecule has 1 heterocycles. The molecule has 5 rings (SSSR count). The second-order valence-electron chi connectivity index (χ2n) is 7.00. The molecule has 3 nitrogen and oxygen atoms in total. The molecule has 4 heteroatoms. The van der Waals surface area contributed by atoms with Crippen molar-refractivity contribution < 1.29 is 0 Å². The van der Waals surface area contributed by atoms with Gasteiger partial charge in [-0.15, -0.1) is 10.2 Å². The highest BCUT2D eigenvalue weighted by atomic mass is 32.2. The molecule has 2 aromatic carbocycles. The molecule has 2 aliphatic carbocycles. The summed E-state index contributed by atoms with van der Waals surface area (Å²) in [6.07, 6.45) is 9.85. The third-order valence-electron chi connectivity index (χ3n) is 5.30. The van der Waals surface area contributed by atoms with E-state index >= 15 is 0 Å². The molecule has 0 radical (unpaired) electrons. The van der Waals surface area contributed by atoms with Gasteiger partial charge in [0.15, 0.2) is 5.16 Å². The monoisotopic (exact) mass is 335 g/mol. The number of hydrogen-bond acceptors (Lipinski definition) is 3. The van der Waals surface area contributed by atoms with E-state index in [0.29, 0.717) is 5.25 Å². The van der Waals surface area contributed by atoms with Gasteiger partial charge in [-0.1, -0.05) is 54.9 Å². The average molecular weight is 335 g/mol. The summed E-state index contributed by atoms with van der Waals surface area (Å²) in [6.45, 7) is 0. The Hall–Kier alpha value is -1.81. The molecule has 1 aromatic heterocycles. The highest BCUT2D eigenvalue weighted by molar-refractivity contribution is 7.99. The first-order valence-corrected chi connectivity index (χ1v) is 9.87. The Morgan fingerprint density at radius 3 is 2.50 bits per heavy atom. The van der Waals surface area contributed by atoms with Crippen LogP contribution in [0, 0.1) is 0 Å². The van der Waals surface area contributed by atoms with E-state index in [9.17, 15) is 0 Å². The Morgan fingerprint density at radius 2 is 1.71 bits per heavy atom. The van der Waals surface area contributed by atoms with E-state index in [-0.39, 0.29) is 0 Å². The Labute approximate surface area is 146 Å². The second-order valence-corrected chi connectivity index (χ2v) is 8.27. The number of benzene rings is 2. The first-order valence-electron chi connectivity index (χ1n) is 8.99. The van der Waals surface area contributed by atoms with E-state index in [1.807, 2.05) is 18.1 Å². The minimum absolute atomic E-state index is 0.699. The predicted molar refractivity (Wildman–Crippen MR) is 99.0 cm³/mol. The number of fused-ring (bicyclic) bond motifs is 1. The average Bonchev–Trinajstić information content (AvgIpc) is 3.14. The van der Waals surface area contributed by atoms with Crippen molar-refractivity contribution in [2.24, 2.45) is 0 Å². The standard InChI is InChI=1S/C20H21N3S/c1-2-6-15(5-1)24-20-22-21-13-23(20)19-12-11-16(14-9-10-14)17-7-3-4-8-18(17)19/h3-4,7-8,11-15H,1-2,5-6,9-10H2. The zero-order chi connectivity index (χ0) is 15.9. The van der Waals surface area contributed by atoms with E-state index in [2.05, 4.69) is 51.2 Å². The molecule has 0 aliphatic heterocycles. The molecule has 0 N–H and O–H groups in total. The van der Waals surface area contributed by atoms with Gasteiger partial charge in [0.05, 0.1) is 5.69 Å². The van der Waals surface area contributed by atoms with Gasteiger partial charge in [0.2, 0.25) is 0 Å². The molecular formula is C20H21N3S. The summed E-state index contributed by atoms with van der Waals surface area (Å²) in [5.41, 5.74) is 2.72. The minimum atomic E-state index is 0.699. The fourth-order valence-electron chi connectivity index (χ4n) is 3.89. The van der Waals surface area contributed by atoms with Crippen LogP contribution in [0.25, 0.3) is 16.5 Å². The molecular weight excluding hydrogens is 314 g/mol. The van der Waals surface area contributed by atoms with Crippen molar-refractivity contribution in [2.75, 3.05) is 0 Å². The predicted octanol–water partition coefficient (Wildman–Crippen LogP) is 5.33. The Balaban J connectivity index is 1.60. The van der Waals surface area contributed by atoms with E-state index in [4.69, 9.17) is 0 Å². The second kappa shape index (κ2) is 5.92. The summed E-state index contributed by atoms with van der Waals surface area (Å²) in [5.74, 6) is 0.761. The van der Waals surface area contributed by atoms with Gasteiger partial charge in [0, 0.05) is 10.6 Å². The van der Waals surface area contributed by atoms with Crippen LogP contribution in [0.3, 0.4) is 0 Å². The minimum Gasteiger partial charge on any atom is -0.276 e. The van der Waals surface area contributed by atoms with Crippen LogP contribution in [-0.2, 0) is 0 Å². The van der Waals surface area contributed by atoms with Crippen molar-refractivity contribution in [2.45, 2.75) is 54.8 Å². The lowest BCUT2D eigenvalue weighted by molar-refractivity contribution is 0.854. The summed E-state index contributed by atoms with van der Waals surface area (Å²) in [6, 6.07) is 13.4. The highest BCUT2D eigenvalue weighted by Crippen LogP contribution is 2.44. The van der Waals surface area contributed by atoms with Crippen molar-refractivity contribution in [3.05, 3.63) is 48.3 Å². The Morgan fingerprint density at radius 1 is 0.917 bits per heavy atom. The van der Waals surface area contributed by atoms with Gasteiger partial charge in [-0.25, -0.2) is 0 Å².